The van der Waals surface area contributed by atoms with Gasteiger partial charge in [0.05, 0.1) is 6.67 Å². The third kappa shape index (κ3) is 5.10. The zero-order valence-corrected chi connectivity index (χ0v) is 18.4. The SMILES string of the molecule is CCNC(=O)N1CCC2(CC1)C(=O)N(CC(=O)NCCCOC)CN2c1ccccc1. The number of piperidine rings is 1. The van der Waals surface area contributed by atoms with Gasteiger partial charge in [0.2, 0.25) is 5.91 Å². The molecule has 2 saturated heterocycles. The van der Waals surface area contributed by atoms with E-state index >= 15 is 0 Å². The summed E-state index contributed by atoms with van der Waals surface area (Å²) in [5, 5.41) is 5.68. The first-order valence-corrected chi connectivity index (χ1v) is 10.9. The minimum atomic E-state index is -0.735. The number of hydrogen-bond donors (Lipinski definition) is 2. The molecule has 2 fully saturated rings. The Bertz CT molecular complexity index is 764. The number of hydrogen-bond acceptors (Lipinski definition) is 5. The van der Waals surface area contributed by atoms with E-state index in [1.165, 1.54) is 0 Å². The maximum Gasteiger partial charge on any atom is 0.317 e. The van der Waals surface area contributed by atoms with Gasteiger partial charge < -0.3 is 30.1 Å². The Labute approximate surface area is 183 Å². The fourth-order valence-electron chi connectivity index (χ4n) is 4.34. The van der Waals surface area contributed by atoms with Crippen LogP contribution in [0.1, 0.15) is 26.2 Å². The van der Waals surface area contributed by atoms with Gasteiger partial charge in [-0.05, 0) is 38.3 Å². The summed E-state index contributed by atoms with van der Waals surface area (Å²) < 4.78 is 5.00. The van der Waals surface area contributed by atoms with Crippen molar-refractivity contribution >= 4 is 23.5 Å². The van der Waals surface area contributed by atoms with E-state index < -0.39 is 5.54 Å². The summed E-state index contributed by atoms with van der Waals surface area (Å²) >= 11 is 0. The van der Waals surface area contributed by atoms with Gasteiger partial charge in [-0.3, -0.25) is 9.59 Å². The molecule has 0 aromatic heterocycles. The molecule has 1 spiro atoms. The number of anilines is 1. The van der Waals surface area contributed by atoms with Crippen molar-refractivity contribution in [1.82, 2.24) is 20.4 Å². The molecule has 0 radical (unpaired) electrons. The number of benzene rings is 1. The quantitative estimate of drug-likeness (QED) is 0.599. The van der Waals surface area contributed by atoms with Crippen molar-refractivity contribution in [1.29, 1.82) is 0 Å². The number of urea groups is 1. The van der Waals surface area contributed by atoms with Crippen LogP contribution in [-0.4, -0.2) is 86.3 Å². The van der Waals surface area contributed by atoms with Crippen LogP contribution in [0.5, 0.6) is 0 Å². The molecule has 170 valence electrons. The lowest BCUT2D eigenvalue weighted by atomic mass is 9.85. The number of nitrogens with one attached hydrogen (secondary N) is 2. The van der Waals surface area contributed by atoms with E-state index in [1.54, 1.807) is 16.9 Å². The summed E-state index contributed by atoms with van der Waals surface area (Å²) in [6.45, 7) is 4.93. The van der Waals surface area contributed by atoms with Gasteiger partial charge in [0.25, 0.3) is 5.91 Å². The van der Waals surface area contributed by atoms with Crippen LogP contribution in [0.2, 0.25) is 0 Å². The Kier molecular flexibility index (Phi) is 7.73. The zero-order chi connectivity index (χ0) is 22.3. The third-order valence-electron chi connectivity index (χ3n) is 5.97. The fraction of sp³-hybridized carbons (Fsp3) is 0.591. The molecule has 2 heterocycles. The lowest BCUT2D eigenvalue weighted by Crippen LogP contribution is -2.58. The van der Waals surface area contributed by atoms with Crippen molar-refractivity contribution in [3.8, 4) is 0 Å². The Balaban J connectivity index is 1.72. The molecule has 0 atom stereocenters. The second-order valence-corrected chi connectivity index (χ2v) is 7.96. The van der Waals surface area contributed by atoms with Crippen LogP contribution in [0.15, 0.2) is 30.3 Å². The Morgan fingerprint density at radius 3 is 2.48 bits per heavy atom. The second-order valence-electron chi connectivity index (χ2n) is 7.96. The molecule has 0 saturated carbocycles. The summed E-state index contributed by atoms with van der Waals surface area (Å²) in [6.07, 6.45) is 1.79. The number of para-hydroxylation sites is 1. The third-order valence-corrected chi connectivity index (χ3v) is 5.97. The van der Waals surface area contributed by atoms with Crippen molar-refractivity contribution in [2.24, 2.45) is 0 Å². The maximum absolute atomic E-state index is 13.5. The van der Waals surface area contributed by atoms with E-state index in [0.29, 0.717) is 52.3 Å². The molecule has 3 rings (SSSR count). The lowest BCUT2D eigenvalue weighted by molar-refractivity contribution is -0.137. The van der Waals surface area contributed by atoms with Gasteiger partial charge in [-0.15, -0.1) is 0 Å². The second kappa shape index (κ2) is 10.5. The molecule has 9 heteroatoms. The Morgan fingerprint density at radius 2 is 1.84 bits per heavy atom. The first-order chi connectivity index (χ1) is 15.0. The molecular weight excluding hydrogens is 398 g/mol. The molecule has 0 bridgehead atoms. The molecule has 1 aromatic rings. The average molecular weight is 432 g/mol. The Hall–Kier alpha value is -2.81. The highest BCUT2D eigenvalue weighted by molar-refractivity contribution is 5.96. The molecule has 0 aliphatic carbocycles. The van der Waals surface area contributed by atoms with Crippen molar-refractivity contribution in [2.75, 3.05) is 58.0 Å². The van der Waals surface area contributed by atoms with E-state index in [-0.39, 0.29) is 24.4 Å². The van der Waals surface area contributed by atoms with Crippen molar-refractivity contribution in [3.05, 3.63) is 30.3 Å². The Morgan fingerprint density at radius 1 is 1.13 bits per heavy atom. The number of methoxy groups -OCH3 is 1. The van der Waals surface area contributed by atoms with Gasteiger partial charge in [-0.25, -0.2) is 4.79 Å². The van der Waals surface area contributed by atoms with Crippen LogP contribution in [-0.2, 0) is 14.3 Å². The molecular formula is C22H33N5O4. The van der Waals surface area contributed by atoms with E-state index in [9.17, 15) is 14.4 Å². The smallest absolute Gasteiger partial charge is 0.317 e. The van der Waals surface area contributed by atoms with Crippen molar-refractivity contribution in [2.45, 2.75) is 31.7 Å². The first-order valence-electron chi connectivity index (χ1n) is 10.9. The molecule has 31 heavy (non-hydrogen) atoms. The van der Waals surface area contributed by atoms with Gasteiger partial charge in [0, 0.05) is 45.6 Å². The summed E-state index contributed by atoms with van der Waals surface area (Å²) in [5.41, 5.74) is 0.214. The number of rotatable bonds is 8. The summed E-state index contributed by atoms with van der Waals surface area (Å²) in [6, 6.07) is 9.71. The fourth-order valence-corrected chi connectivity index (χ4v) is 4.34. The van der Waals surface area contributed by atoms with Crippen molar-refractivity contribution < 1.29 is 19.1 Å². The van der Waals surface area contributed by atoms with Gasteiger partial charge >= 0.3 is 6.03 Å². The van der Waals surface area contributed by atoms with Crippen LogP contribution in [0.25, 0.3) is 0 Å². The predicted octanol–water partition coefficient (Wildman–Crippen LogP) is 1.01. The first kappa shape index (κ1) is 22.9. The van der Waals surface area contributed by atoms with Gasteiger partial charge in [0.1, 0.15) is 12.1 Å². The molecule has 0 unspecified atom stereocenters. The summed E-state index contributed by atoms with van der Waals surface area (Å²) in [5.74, 6) is -0.215. The van der Waals surface area contributed by atoms with Crippen LogP contribution >= 0.6 is 0 Å². The number of likely N-dealkylation sites (tertiary alicyclic amines) is 1. The van der Waals surface area contributed by atoms with Gasteiger partial charge in [0.15, 0.2) is 0 Å². The predicted molar refractivity (Wildman–Crippen MR) is 118 cm³/mol. The summed E-state index contributed by atoms with van der Waals surface area (Å²) in [4.78, 5) is 43.7. The lowest BCUT2D eigenvalue weighted by Gasteiger charge is -2.43. The van der Waals surface area contributed by atoms with Gasteiger partial charge in [-0.2, -0.15) is 0 Å². The van der Waals surface area contributed by atoms with Crippen LogP contribution in [0.4, 0.5) is 10.5 Å². The molecule has 9 nitrogen and oxygen atoms in total. The van der Waals surface area contributed by atoms with E-state index in [2.05, 4.69) is 15.5 Å². The number of amides is 4. The minimum absolute atomic E-state index is 0.0247. The molecule has 1 aromatic carbocycles. The van der Waals surface area contributed by atoms with Gasteiger partial charge in [-0.1, -0.05) is 18.2 Å². The number of ether oxygens (including phenoxy) is 1. The summed E-state index contributed by atoms with van der Waals surface area (Å²) in [7, 11) is 1.62. The highest BCUT2D eigenvalue weighted by Gasteiger charge is 2.54. The highest BCUT2D eigenvalue weighted by atomic mass is 16.5. The van der Waals surface area contributed by atoms with Crippen LogP contribution in [0, 0.1) is 0 Å². The normalized spacial score (nSPS) is 17.9. The zero-order valence-electron chi connectivity index (χ0n) is 18.4. The largest absolute Gasteiger partial charge is 0.385 e. The molecule has 2 aliphatic heterocycles. The molecule has 4 amide bonds. The maximum atomic E-state index is 13.5. The minimum Gasteiger partial charge on any atom is -0.385 e. The average Bonchev–Trinajstić information content (AvgIpc) is 3.04. The monoisotopic (exact) mass is 431 g/mol. The van der Waals surface area contributed by atoms with Crippen molar-refractivity contribution in [3.63, 3.8) is 0 Å². The van der Waals surface area contributed by atoms with Crippen LogP contribution in [0.3, 0.4) is 0 Å². The molecule has 2 N–H and O–H groups in total. The molecule has 2 aliphatic rings. The highest BCUT2D eigenvalue weighted by Crippen LogP contribution is 2.39. The number of carbonyl (C=O) groups excluding carboxylic acids is 3. The standard InChI is InChI=1S/C22H33N5O4/c1-3-23-21(30)25-13-10-22(11-14-25)20(29)26(16-19(28)24-12-7-15-31-2)17-27(22)18-8-5-4-6-9-18/h4-6,8-9H,3,7,10-17H2,1-2H3,(H,23,30)(H,24,28). The number of carbonyl (C=O) groups is 3. The van der Waals surface area contributed by atoms with E-state index in [4.69, 9.17) is 4.74 Å². The number of nitrogens with zero attached hydrogens (tertiary/aromatic N) is 3. The topological polar surface area (TPSA) is 94.2 Å². The van der Waals surface area contributed by atoms with Crippen LogP contribution < -0.4 is 15.5 Å². The van der Waals surface area contributed by atoms with E-state index in [0.717, 1.165) is 12.1 Å². The van der Waals surface area contributed by atoms with E-state index in [1.807, 2.05) is 37.3 Å².